The number of carbonyl (C=O) groups is 7. The van der Waals surface area contributed by atoms with Gasteiger partial charge in [0.15, 0.2) is 29.8 Å². The van der Waals surface area contributed by atoms with Gasteiger partial charge in [-0.3, -0.25) is 53.7 Å². The minimum atomic E-state index is -1.45. The van der Waals surface area contributed by atoms with Gasteiger partial charge < -0.3 is 148 Å². The minimum Gasteiger partial charge on any atom is -0.480 e. The van der Waals surface area contributed by atoms with Gasteiger partial charge in [-0.25, -0.2) is 4.79 Å². The number of aliphatic imine (C=N–C) groups is 5. The monoisotopic (exact) mass is 1510 g/mol. The van der Waals surface area contributed by atoms with Crippen LogP contribution in [-0.4, -0.2) is 239 Å². The van der Waals surface area contributed by atoms with Gasteiger partial charge in [-0.15, -0.1) is 0 Å². The molecule has 39 nitrogen and oxygen atoms in total. The predicted molar refractivity (Wildman–Crippen MR) is 421 cm³/mol. The number of benzene rings is 1. The summed E-state index contributed by atoms with van der Waals surface area (Å²) in [4.78, 5) is 123. The third-order valence-corrected chi connectivity index (χ3v) is 17.3. The zero-order valence-electron chi connectivity index (χ0n) is 63.1. The Morgan fingerprint density at radius 2 is 0.981 bits per heavy atom. The first-order chi connectivity index (χ1) is 51.1. The Morgan fingerprint density at radius 3 is 1.46 bits per heavy atom. The highest BCUT2D eigenvalue weighted by Gasteiger charge is 2.34. The highest BCUT2D eigenvalue weighted by Crippen LogP contribution is 2.20. The molecule has 2 radical (unpaired) electrons. The number of aromatic nitrogens is 1. The normalized spacial score (nSPS) is 14.4. The highest BCUT2D eigenvalue weighted by molar-refractivity contribution is 5.98. The molecule has 1 heterocycles. The molecule has 0 aliphatic carbocycles. The van der Waals surface area contributed by atoms with Crippen LogP contribution in [0.5, 0.6) is 0 Å². The molecule has 0 bridgehead atoms. The van der Waals surface area contributed by atoms with E-state index < -0.39 is 77.7 Å². The SMILES string of the molecule is CC[C@H](C)[C@@H](CN[CH]CN[C@@H](CCCN=C(N)N)CN[C@@H](CCCN=C(N)N)CNCCN[CH]C(=O)N[C@@H](CCCN=C(N)N)C(=O)N[C@@H](CCCN=C(N)N)C(=O)N[C@@H](Cc1c[nH]c2ccccc12)C(=O)N[C@@H](CCCN=C(N)N)C(=O)N[C@@H](CCCCN)C(=O)N[C@@H](CC(C)C)C(=O)O)NC[C@@H](N)CO. The molecule has 1 aromatic heterocycles. The number of aromatic amines is 1. The lowest BCUT2D eigenvalue weighted by atomic mass is 9.99. The standard InChI is InChI=1S/C68H130N30O9/c1-5-43(4)56(92-36-45(70)41-99)39-82-31-32-84-47(16-11-25-86-65(73)74)38-90-46(15-10-24-85-64(71)72)37-81-29-30-83-40-57(100)93-50(20-12-26-87-66(75)76)58(101)95-53(22-14-28-89-68(79)80)60(103)97-54(34-44-35-91-49-18-7-6-17-48(44)49)62(105)96-52(21-13-27-88-67(77)78)59(102)94-51(19-8-9-23-69)61(104)98-55(63(106)107)33-42(2)3/h6-7,17-18,31,35,40,42-43,45-47,50-56,81-84,90-92,99H,5,8-16,19-30,32-34,36-39,41,69-70H2,1-4H3,(H,93,100)(H,94,102)(H,95,101)(H,96,105)(H,97,103)(H,98,104)(H,106,107)(H4,71,72,85)(H4,73,74,86)(H4,75,76,87)(H4,77,78,88)(H4,79,80,89)/t43-,45+,46-,47-,50-,51-,52-,53-,54-,55-,56+/m0/s1. The molecule has 2 rings (SSSR count). The van der Waals surface area contributed by atoms with Crippen molar-refractivity contribution in [2.24, 2.45) is 106 Å². The second-order valence-corrected chi connectivity index (χ2v) is 26.9. The largest absolute Gasteiger partial charge is 0.480 e. The van der Waals surface area contributed by atoms with E-state index in [0.29, 0.717) is 94.9 Å². The molecular formula is C68H130N30O9. The maximum atomic E-state index is 15.0. The summed E-state index contributed by atoms with van der Waals surface area (Å²) in [5, 5.41) is 57.2. The predicted octanol–water partition coefficient (Wildman–Crippen LogP) is -6.52. The Hall–Kier alpha value is -8.96. The molecule has 0 spiro atoms. The van der Waals surface area contributed by atoms with Gasteiger partial charge in [0, 0.05) is 133 Å². The van der Waals surface area contributed by atoms with Crippen LogP contribution in [0.2, 0.25) is 0 Å². The number of hydrogen-bond donors (Lipinski definition) is 27. The Balaban J connectivity index is 2.44. The molecule has 0 fully saturated rings. The van der Waals surface area contributed by atoms with Gasteiger partial charge in [-0.05, 0) is 120 Å². The lowest BCUT2D eigenvalue weighted by molar-refractivity contribution is -0.143. The number of carboxylic acid groups (broad SMARTS) is 1. The molecule has 2 aromatic rings. The fourth-order valence-electron chi connectivity index (χ4n) is 11.3. The van der Waals surface area contributed by atoms with Crippen molar-refractivity contribution in [3.63, 3.8) is 0 Å². The van der Waals surface area contributed by atoms with Crippen molar-refractivity contribution in [3.8, 4) is 0 Å². The molecule has 39 N–H and O–H groups in total. The average molecular weight is 1510 g/mol. The Bertz CT molecular complexity index is 3040. The molecule has 0 saturated heterocycles. The molecule has 39 heteroatoms. The van der Waals surface area contributed by atoms with Crippen LogP contribution in [0.3, 0.4) is 0 Å². The number of nitrogens with one attached hydrogen (secondary N) is 13. The zero-order valence-corrected chi connectivity index (χ0v) is 63.1. The van der Waals surface area contributed by atoms with E-state index in [1.165, 1.54) is 6.54 Å². The summed E-state index contributed by atoms with van der Waals surface area (Å²) < 4.78 is 0. The number of unbranched alkanes of at least 4 members (excludes halogenated alkanes) is 1. The van der Waals surface area contributed by atoms with Crippen molar-refractivity contribution in [2.75, 3.05) is 91.7 Å². The second-order valence-electron chi connectivity index (χ2n) is 26.9. The van der Waals surface area contributed by atoms with Crippen molar-refractivity contribution >= 4 is 82.1 Å². The van der Waals surface area contributed by atoms with Gasteiger partial charge in [0.1, 0.15) is 42.8 Å². The van der Waals surface area contributed by atoms with E-state index in [1.54, 1.807) is 26.1 Å². The minimum absolute atomic E-state index is 0.00346. The molecule has 6 amide bonds. The summed E-state index contributed by atoms with van der Waals surface area (Å²) in [5.74, 6) is -6.31. The van der Waals surface area contributed by atoms with Crippen LogP contribution in [0.1, 0.15) is 130 Å². The van der Waals surface area contributed by atoms with Crippen LogP contribution in [-0.2, 0) is 40.0 Å². The second kappa shape index (κ2) is 55.5. The van der Waals surface area contributed by atoms with Crippen LogP contribution >= 0.6 is 0 Å². The number of nitrogens with zero attached hydrogens (tertiary/aromatic N) is 5. The number of guanidine groups is 5. The smallest absolute Gasteiger partial charge is 0.326 e. The van der Waals surface area contributed by atoms with Gasteiger partial charge in [-0.2, -0.15) is 0 Å². The van der Waals surface area contributed by atoms with E-state index in [2.05, 4.69) is 108 Å². The van der Waals surface area contributed by atoms with Crippen LogP contribution < -0.4 is 133 Å². The van der Waals surface area contributed by atoms with Crippen LogP contribution in [0.25, 0.3) is 10.9 Å². The van der Waals surface area contributed by atoms with Crippen molar-refractivity contribution in [1.82, 2.24) is 68.8 Å². The number of aliphatic carboxylic acids is 1. The van der Waals surface area contributed by atoms with Gasteiger partial charge in [-0.1, -0.05) is 52.3 Å². The van der Waals surface area contributed by atoms with Gasteiger partial charge in [0.2, 0.25) is 35.4 Å². The first-order valence-electron chi connectivity index (χ1n) is 37.0. The lowest BCUT2D eigenvalue weighted by Gasteiger charge is -2.28. The number of fused-ring (bicyclic) bond motifs is 1. The fraction of sp³-hybridized carbons (Fsp3) is 0.676. The summed E-state index contributed by atoms with van der Waals surface area (Å²) in [7, 11) is 0. The molecule has 0 aliphatic heterocycles. The van der Waals surface area contributed by atoms with Crippen LogP contribution in [0, 0.1) is 24.9 Å². The summed E-state index contributed by atoms with van der Waals surface area (Å²) in [6.07, 6.45) is 6.72. The Kier molecular flexibility index (Phi) is 48.8. The number of hydrogen-bond acceptors (Lipinski definition) is 21. The molecule has 11 atom stereocenters. The lowest BCUT2D eigenvalue weighted by Crippen LogP contribution is -2.60. The van der Waals surface area contributed by atoms with Crippen molar-refractivity contribution in [1.29, 1.82) is 0 Å². The topological polar surface area (TPSA) is 694 Å². The third-order valence-electron chi connectivity index (χ3n) is 17.3. The third kappa shape index (κ3) is 43.4. The molecule has 0 saturated carbocycles. The number of aliphatic hydroxyl groups excluding tert-OH is 1. The van der Waals surface area contributed by atoms with E-state index in [1.807, 2.05) is 24.7 Å². The van der Waals surface area contributed by atoms with Crippen molar-refractivity contribution in [3.05, 3.63) is 49.1 Å². The molecule has 0 unspecified atom stereocenters. The van der Waals surface area contributed by atoms with E-state index >= 15 is 4.79 Å². The number of para-hydroxylation sites is 1. The summed E-state index contributed by atoms with van der Waals surface area (Å²) >= 11 is 0. The first-order valence-corrected chi connectivity index (χ1v) is 37.0. The fourth-order valence-corrected chi connectivity index (χ4v) is 11.3. The number of amides is 6. The van der Waals surface area contributed by atoms with Gasteiger partial charge in [0.05, 0.1) is 6.61 Å². The summed E-state index contributed by atoms with van der Waals surface area (Å²) in [6, 6.07) is -0.989. The molecule has 606 valence electrons. The van der Waals surface area contributed by atoms with Crippen LogP contribution in [0.15, 0.2) is 55.4 Å². The number of H-pyrrole nitrogens is 1. The van der Waals surface area contributed by atoms with Gasteiger partial charge in [0.25, 0.3) is 0 Å². The summed E-state index contributed by atoms with van der Waals surface area (Å²) in [5.41, 5.74) is 69.4. The summed E-state index contributed by atoms with van der Waals surface area (Å²) in [6.45, 7) is 15.8. The van der Waals surface area contributed by atoms with E-state index in [-0.39, 0.29) is 157 Å². The van der Waals surface area contributed by atoms with Crippen molar-refractivity contribution < 1.29 is 43.8 Å². The zero-order chi connectivity index (χ0) is 79.5. The van der Waals surface area contributed by atoms with Gasteiger partial charge >= 0.3 is 5.97 Å². The Labute approximate surface area is 629 Å². The van der Waals surface area contributed by atoms with Crippen molar-refractivity contribution in [2.45, 2.75) is 191 Å². The number of nitrogens with two attached hydrogens (primary N) is 12. The van der Waals surface area contributed by atoms with E-state index in [0.717, 1.165) is 24.8 Å². The highest BCUT2D eigenvalue weighted by atomic mass is 16.4. The number of rotatable bonds is 62. The average Bonchev–Trinajstić information content (AvgIpc) is 1.71. The molecular weight excluding hydrogens is 1380 g/mol. The molecule has 1 aromatic carbocycles. The van der Waals surface area contributed by atoms with E-state index in [9.17, 15) is 39.0 Å². The number of carboxylic acids is 1. The maximum absolute atomic E-state index is 15.0. The molecule has 0 aliphatic rings. The number of carbonyl (C=O) groups excluding carboxylic acids is 6. The quantitative estimate of drug-likeness (QED) is 0.0166. The Morgan fingerprint density at radius 1 is 0.523 bits per heavy atom. The number of aliphatic hydroxyl groups is 1. The van der Waals surface area contributed by atoms with E-state index in [4.69, 9.17) is 68.8 Å². The maximum Gasteiger partial charge on any atom is 0.326 e. The molecule has 107 heavy (non-hydrogen) atoms. The first kappa shape index (κ1) is 94.1. The van der Waals surface area contributed by atoms with Crippen LogP contribution in [0.4, 0.5) is 0 Å².